The summed E-state index contributed by atoms with van der Waals surface area (Å²) in [5.74, 6) is 0.163. The number of carbonyl (C=O) groups is 2. The largest absolute Gasteiger partial charge is 0.378 e. The molecule has 2 aromatic carbocycles. The quantitative estimate of drug-likeness (QED) is 0.319. The number of amides is 2. The van der Waals surface area contributed by atoms with Gasteiger partial charge in [0.05, 0.1) is 23.8 Å². The number of carbonyl (C=O) groups excluding carboxylic acids is 2. The Morgan fingerprint density at radius 3 is 2.45 bits per heavy atom. The van der Waals surface area contributed by atoms with E-state index in [2.05, 4.69) is 32.2 Å². The van der Waals surface area contributed by atoms with E-state index in [1.807, 2.05) is 30.0 Å². The molecule has 44 heavy (non-hydrogen) atoms. The van der Waals surface area contributed by atoms with Crippen LogP contribution in [0.5, 0.6) is 0 Å². The maximum absolute atomic E-state index is 13.7. The van der Waals surface area contributed by atoms with Crippen molar-refractivity contribution in [2.75, 3.05) is 43.1 Å². The van der Waals surface area contributed by atoms with Gasteiger partial charge in [0.1, 0.15) is 0 Å². The van der Waals surface area contributed by atoms with Gasteiger partial charge in [0.15, 0.2) is 5.82 Å². The number of hydrogen-bond donors (Lipinski definition) is 1. The van der Waals surface area contributed by atoms with Gasteiger partial charge in [-0.2, -0.15) is 0 Å². The average Bonchev–Trinajstić information content (AvgIpc) is 3.47. The van der Waals surface area contributed by atoms with E-state index in [1.54, 1.807) is 53.7 Å². The van der Waals surface area contributed by atoms with E-state index < -0.39 is 0 Å². The highest BCUT2D eigenvalue weighted by molar-refractivity contribution is 7.14. The first-order chi connectivity index (χ1) is 21.0. The number of rotatable bonds is 5. The molecule has 228 valence electrons. The van der Waals surface area contributed by atoms with Crippen molar-refractivity contribution >= 4 is 40.3 Å². The van der Waals surface area contributed by atoms with Crippen molar-refractivity contribution in [1.29, 1.82) is 0 Å². The molecule has 4 heterocycles. The molecule has 2 amide bonds. The second kappa shape index (κ2) is 11.7. The Hall–Kier alpha value is -4.28. The molecular weight excluding hydrogens is 574 g/mol. The molecule has 2 aliphatic heterocycles. The molecule has 6 rings (SSSR count). The van der Waals surface area contributed by atoms with Crippen LogP contribution in [0.1, 0.15) is 56.8 Å². The summed E-state index contributed by atoms with van der Waals surface area (Å²) in [6, 6.07) is 15.1. The first-order valence-electron chi connectivity index (χ1n) is 14.9. The average molecular weight is 612 g/mol. The number of benzene rings is 2. The number of fused-ring (bicyclic) bond motifs is 1. The number of hydrogen-bond acceptors (Lipinski definition) is 7. The number of thiophene rings is 1. The second-order valence-corrected chi connectivity index (χ2v) is 13.4. The molecule has 1 N–H and O–H groups in total. The number of aromatic nitrogens is 2. The summed E-state index contributed by atoms with van der Waals surface area (Å²) in [5.41, 5.74) is 5.29. The van der Waals surface area contributed by atoms with Gasteiger partial charge < -0.3 is 24.4 Å². The third kappa shape index (κ3) is 5.67. The van der Waals surface area contributed by atoms with E-state index in [1.165, 1.54) is 9.44 Å². The van der Waals surface area contributed by atoms with Crippen LogP contribution >= 0.6 is 11.3 Å². The predicted molar refractivity (Wildman–Crippen MR) is 174 cm³/mol. The van der Waals surface area contributed by atoms with Crippen LogP contribution in [0.3, 0.4) is 0 Å². The van der Waals surface area contributed by atoms with Crippen LogP contribution in [-0.4, -0.2) is 59.1 Å². The number of aryl methyl sites for hydroxylation is 1. The van der Waals surface area contributed by atoms with Crippen molar-refractivity contribution in [3.8, 4) is 11.3 Å². The molecule has 4 aromatic rings. The molecule has 2 aliphatic rings. The summed E-state index contributed by atoms with van der Waals surface area (Å²) >= 11 is 1.60. The maximum Gasteiger partial charge on any atom is 0.293 e. The molecule has 0 aliphatic carbocycles. The molecule has 10 heteroatoms. The molecule has 0 spiro atoms. The molecule has 0 unspecified atom stereocenters. The number of anilines is 3. The Kier molecular flexibility index (Phi) is 7.89. The highest BCUT2D eigenvalue weighted by Gasteiger charge is 2.31. The summed E-state index contributed by atoms with van der Waals surface area (Å²) in [7, 11) is 1.70. The molecule has 1 fully saturated rings. The minimum Gasteiger partial charge on any atom is -0.378 e. The molecule has 0 saturated carbocycles. The number of nitrogens with one attached hydrogen (secondary N) is 1. The number of nitrogens with zero attached hydrogens (tertiary/aromatic N) is 4. The van der Waals surface area contributed by atoms with Crippen LogP contribution in [0, 0.1) is 6.92 Å². The highest BCUT2D eigenvalue weighted by Crippen LogP contribution is 2.38. The molecule has 1 saturated heterocycles. The number of ether oxygens (including phenoxy) is 1. The van der Waals surface area contributed by atoms with Gasteiger partial charge in [0.2, 0.25) is 0 Å². The first-order valence-corrected chi connectivity index (χ1v) is 15.7. The van der Waals surface area contributed by atoms with Crippen molar-refractivity contribution in [2.45, 2.75) is 39.5 Å². The molecule has 0 bridgehead atoms. The summed E-state index contributed by atoms with van der Waals surface area (Å²) in [4.78, 5) is 50.0. The smallest absolute Gasteiger partial charge is 0.293 e. The molecule has 0 radical (unpaired) electrons. The van der Waals surface area contributed by atoms with Gasteiger partial charge in [0, 0.05) is 60.3 Å². The molecule has 9 nitrogen and oxygen atoms in total. The molecule has 0 atom stereocenters. The fourth-order valence-electron chi connectivity index (χ4n) is 5.64. The zero-order valence-electron chi connectivity index (χ0n) is 25.8. The lowest BCUT2D eigenvalue weighted by molar-refractivity contribution is 0.0303. The Morgan fingerprint density at radius 2 is 1.75 bits per heavy atom. The van der Waals surface area contributed by atoms with Crippen molar-refractivity contribution < 1.29 is 14.3 Å². The van der Waals surface area contributed by atoms with Gasteiger partial charge in [0.25, 0.3) is 17.4 Å². The van der Waals surface area contributed by atoms with Crippen LogP contribution < -0.4 is 15.8 Å². The van der Waals surface area contributed by atoms with Gasteiger partial charge in [-0.25, -0.2) is 4.98 Å². The fraction of sp³-hybridized carbons (Fsp3) is 0.353. The van der Waals surface area contributed by atoms with Crippen LogP contribution in [-0.2, 0) is 23.6 Å². The van der Waals surface area contributed by atoms with Crippen molar-refractivity contribution in [2.24, 2.45) is 7.05 Å². The van der Waals surface area contributed by atoms with Gasteiger partial charge in [-0.15, -0.1) is 11.3 Å². The van der Waals surface area contributed by atoms with Crippen molar-refractivity contribution in [3.05, 3.63) is 91.5 Å². The topological polar surface area (TPSA) is 96.8 Å². The van der Waals surface area contributed by atoms with E-state index in [0.717, 1.165) is 33.7 Å². The van der Waals surface area contributed by atoms with E-state index in [9.17, 15) is 14.4 Å². The normalized spacial score (nSPS) is 15.3. The summed E-state index contributed by atoms with van der Waals surface area (Å²) in [6.45, 7) is 11.4. The van der Waals surface area contributed by atoms with Crippen molar-refractivity contribution in [3.63, 3.8) is 0 Å². The molecular formula is C34H37N5O4S. The SMILES string of the molecule is Cc1c(-c2cn(C)c(=O)c(Nc3ccc(C(=O)N4CCOCC4)cc3)n2)cccc1N1CCc2cc(C(C)(C)C)sc2C1=O. The van der Waals surface area contributed by atoms with Gasteiger partial charge >= 0.3 is 0 Å². The zero-order valence-corrected chi connectivity index (χ0v) is 26.6. The Bertz CT molecular complexity index is 1800. The summed E-state index contributed by atoms with van der Waals surface area (Å²) < 4.78 is 6.85. The predicted octanol–water partition coefficient (Wildman–Crippen LogP) is 5.53. The molecule has 2 aromatic heterocycles. The Morgan fingerprint density at radius 1 is 1.02 bits per heavy atom. The van der Waals surface area contributed by atoms with Crippen LogP contribution in [0.2, 0.25) is 0 Å². The Labute approximate surface area is 261 Å². The minimum atomic E-state index is -0.276. The monoisotopic (exact) mass is 611 g/mol. The highest BCUT2D eigenvalue weighted by atomic mass is 32.1. The first kappa shape index (κ1) is 29.8. The Balaban J connectivity index is 1.26. The van der Waals surface area contributed by atoms with Gasteiger partial charge in [-0.3, -0.25) is 14.4 Å². The third-order valence-corrected chi connectivity index (χ3v) is 9.82. The van der Waals surface area contributed by atoms with Gasteiger partial charge in [-0.05, 0) is 66.3 Å². The summed E-state index contributed by atoms with van der Waals surface area (Å²) in [5, 5.41) is 3.15. The van der Waals surface area contributed by atoms with Gasteiger partial charge in [-0.1, -0.05) is 32.9 Å². The lowest BCUT2D eigenvalue weighted by Gasteiger charge is -2.29. The number of morpholine rings is 1. The fourth-order valence-corrected chi connectivity index (χ4v) is 6.86. The summed E-state index contributed by atoms with van der Waals surface area (Å²) in [6.07, 6.45) is 2.52. The van der Waals surface area contributed by atoms with E-state index in [0.29, 0.717) is 49.8 Å². The van der Waals surface area contributed by atoms with Crippen LogP contribution in [0.4, 0.5) is 17.2 Å². The van der Waals surface area contributed by atoms with Crippen molar-refractivity contribution in [1.82, 2.24) is 14.5 Å². The maximum atomic E-state index is 13.7. The van der Waals surface area contributed by atoms with E-state index >= 15 is 0 Å². The second-order valence-electron chi connectivity index (χ2n) is 12.4. The van der Waals surface area contributed by atoms with Crippen LogP contribution in [0.25, 0.3) is 11.3 Å². The zero-order chi connectivity index (χ0) is 31.2. The third-order valence-electron chi connectivity index (χ3n) is 8.23. The lowest BCUT2D eigenvalue weighted by Crippen LogP contribution is -2.40. The lowest BCUT2D eigenvalue weighted by atomic mass is 9.93. The van der Waals surface area contributed by atoms with E-state index in [-0.39, 0.29) is 28.6 Å². The van der Waals surface area contributed by atoms with E-state index in [4.69, 9.17) is 9.72 Å². The minimum absolute atomic E-state index is 0.00794. The standard InChI is InChI=1S/C34H37N5O4S/c1-21-25(7-6-8-27(21)39-14-13-23-19-28(34(2,3)4)44-29(23)32(39)41)26-20-37(5)33(42)30(36-26)35-24-11-9-22(10-12-24)31(40)38-15-17-43-18-16-38/h6-12,19-20H,13-18H2,1-5H3,(H,35,36). The van der Waals surface area contributed by atoms with Crippen LogP contribution in [0.15, 0.2) is 59.5 Å².